The van der Waals surface area contributed by atoms with Gasteiger partial charge in [0.1, 0.15) is 6.61 Å². The fourth-order valence-electron chi connectivity index (χ4n) is 2.73. The van der Waals surface area contributed by atoms with Gasteiger partial charge in [0, 0.05) is 5.69 Å². The van der Waals surface area contributed by atoms with Crippen molar-refractivity contribution in [2.75, 3.05) is 11.9 Å². The van der Waals surface area contributed by atoms with E-state index in [1.807, 2.05) is 39.0 Å². The largest absolute Gasteiger partial charge is 0.485 e. The molecular weight excluding hydrogens is 278 g/mol. The number of hydrogen-bond acceptors (Lipinski definition) is 3. The lowest BCUT2D eigenvalue weighted by Gasteiger charge is -2.26. The van der Waals surface area contributed by atoms with Crippen LogP contribution in [0, 0.1) is 20.8 Å². The van der Waals surface area contributed by atoms with E-state index < -0.39 is 6.10 Å². The van der Waals surface area contributed by atoms with Gasteiger partial charge in [-0.15, -0.1) is 0 Å². The van der Waals surface area contributed by atoms with Gasteiger partial charge in [-0.25, -0.2) is 0 Å². The summed E-state index contributed by atoms with van der Waals surface area (Å²) in [5.74, 6) is 1.09. The van der Waals surface area contributed by atoms with E-state index in [4.69, 9.17) is 9.47 Å². The van der Waals surface area contributed by atoms with Gasteiger partial charge in [-0.1, -0.05) is 29.8 Å². The molecule has 1 N–H and O–H groups in total. The zero-order valence-electron chi connectivity index (χ0n) is 13.0. The molecule has 0 aliphatic carbocycles. The van der Waals surface area contributed by atoms with E-state index in [-0.39, 0.29) is 12.5 Å². The van der Waals surface area contributed by atoms with Gasteiger partial charge in [-0.2, -0.15) is 0 Å². The fourth-order valence-corrected chi connectivity index (χ4v) is 2.73. The normalized spacial score (nSPS) is 16.2. The third kappa shape index (κ3) is 2.77. The van der Waals surface area contributed by atoms with Crippen molar-refractivity contribution in [3.8, 4) is 11.5 Å². The molecule has 0 saturated heterocycles. The molecule has 4 heteroatoms. The molecule has 1 unspecified atom stereocenters. The average molecular weight is 297 g/mol. The lowest BCUT2D eigenvalue weighted by Crippen LogP contribution is -2.40. The Morgan fingerprint density at radius 1 is 1.09 bits per heavy atom. The number of fused-ring (bicyclic) bond motifs is 1. The Morgan fingerprint density at radius 3 is 2.41 bits per heavy atom. The standard InChI is InChI=1S/C18H19NO3/c1-11-8-12(2)17(13(3)9-11)19-18(20)16-10-21-14-6-4-5-7-15(14)22-16/h4-9,16H,10H2,1-3H3,(H,19,20). The molecule has 0 fully saturated rings. The van der Waals surface area contributed by atoms with Gasteiger partial charge < -0.3 is 14.8 Å². The summed E-state index contributed by atoms with van der Waals surface area (Å²) in [7, 11) is 0. The molecule has 22 heavy (non-hydrogen) atoms. The van der Waals surface area contributed by atoms with Crippen LogP contribution in [0.1, 0.15) is 16.7 Å². The van der Waals surface area contributed by atoms with Crippen LogP contribution < -0.4 is 14.8 Å². The van der Waals surface area contributed by atoms with Crippen LogP contribution in [-0.2, 0) is 4.79 Å². The maximum absolute atomic E-state index is 12.5. The SMILES string of the molecule is Cc1cc(C)c(NC(=O)C2COc3ccccc3O2)c(C)c1. The van der Waals surface area contributed by atoms with Gasteiger partial charge in [0.05, 0.1) is 0 Å². The first-order valence-electron chi connectivity index (χ1n) is 7.32. The zero-order valence-corrected chi connectivity index (χ0v) is 13.0. The number of para-hydroxylation sites is 2. The summed E-state index contributed by atoms with van der Waals surface area (Å²) in [6, 6.07) is 11.5. The molecule has 0 aromatic heterocycles. The van der Waals surface area contributed by atoms with Gasteiger partial charge >= 0.3 is 0 Å². The fraction of sp³-hybridized carbons (Fsp3) is 0.278. The molecule has 4 nitrogen and oxygen atoms in total. The first-order chi connectivity index (χ1) is 10.5. The van der Waals surface area contributed by atoms with Gasteiger partial charge in [-0.05, 0) is 44.0 Å². The second-order valence-corrected chi connectivity index (χ2v) is 5.63. The van der Waals surface area contributed by atoms with Crippen LogP contribution in [0.3, 0.4) is 0 Å². The minimum atomic E-state index is -0.644. The molecule has 0 radical (unpaired) electrons. The first-order valence-corrected chi connectivity index (χ1v) is 7.32. The Kier molecular flexibility index (Phi) is 3.75. The van der Waals surface area contributed by atoms with Crippen LogP contribution >= 0.6 is 0 Å². The smallest absolute Gasteiger partial charge is 0.269 e. The Labute approximate surface area is 130 Å². The van der Waals surface area contributed by atoms with Crippen LogP contribution in [-0.4, -0.2) is 18.6 Å². The number of amides is 1. The van der Waals surface area contributed by atoms with E-state index >= 15 is 0 Å². The maximum Gasteiger partial charge on any atom is 0.269 e. The first kappa shape index (κ1) is 14.4. The topological polar surface area (TPSA) is 47.6 Å². The van der Waals surface area contributed by atoms with Crippen molar-refractivity contribution in [1.82, 2.24) is 0 Å². The molecular formula is C18H19NO3. The number of anilines is 1. The third-order valence-electron chi connectivity index (χ3n) is 3.73. The maximum atomic E-state index is 12.5. The molecule has 2 aromatic carbocycles. The molecule has 0 saturated carbocycles. The van der Waals surface area contributed by atoms with E-state index in [0.717, 1.165) is 16.8 Å². The average Bonchev–Trinajstić information content (AvgIpc) is 2.50. The molecule has 1 aliphatic rings. The van der Waals surface area contributed by atoms with Gasteiger partial charge in [0.2, 0.25) is 6.10 Å². The van der Waals surface area contributed by atoms with E-state index in [9.17, 15) is 4.79 Å². The molecule has 114 valence electrons. The van der Waals surface area contributed by atoms with E-state index in [1.165, 1.54) is 5.56 Å². The molecule has 1 atom stereocenters. The molecule has 2 aromatic rings. The third-order valence-corrected chi connectivity index (χ3v) is 3.73. The molecule has 0 spiro atoms. The highest BCUT2D eigenvalue weighted by molar-refractivity contribution is 5.96. The van der Waals surface area contributed by atoms with Crippen molar-refractivity contribution in [1.29, 1.82) is 0 Å². The zero-order chi connectivity index (χ0) is 15.7. The summed E-state index contributed by atoms with van der Waals surface area (Å²) in [4.78, 5) is 12.5. The highest BCUT2D eigenvalue weighted by Crippen LogP contribution is 2.31. The Bertz CT molecular complexity index is 701. The summed E-state index contributed by atoms with van der Waals surface area (Å²) < 4.78 is 11.3. The number of hydrogen-bond donors (Lipinski definition) is 1. The van der Waals surface area contributed by atoms with Crippen molar-refractivity contribution in [3.05, 3.63) is 53.1 Å². The predicted octanol–water partition coefficient (Wildman–Crippen LogP) is 3.39. The van der Waals surface area contributed by atoms with Crippen LogP contribution in [0.2, 0.25) is 0 Å². The van der Waals surface area contributed by atoms with Crippen LogP contribution in [0.15, 0.2) is 36.4 Å². The summed E-state index contributed by atoms with van der Waals surface area (Å²) in [5.41, 5.74) is 4.11. The molecule has 3 rings (SSSR count). The lowest BCUT2D eigenvalue weighted by atomic mass is 10.0. The lowest BCUT2D eigenvalue weighted by molar-refractivity contribution is -0.125. The minimum Gasteiger partial charge on any atom is -0.485 e. The number of carbonyl (C=O) groups excluding carboxylic acids is 1. The van der Waals surface area contributed by atoms with Crippen molar-refractivity contribution in [2.24, 2.45) is 0 Å². The number of ether oxygens (including phenoxy) is 2. The van der Waals surface area contributed by atoms with Gasteiger partial charge in [-0.3, -0.25) is 4.79 Å². The van der Waals surface area contributed by atoms with Crippen molar-refractivity contribution in [3.63, 3.8) is 0 Å². The molecule has 1 aliphatic heterocycles. The summed E-state index contributed by atoms with van der Waals surface area (Å²) in [6.45, 7) is 6.24. The number of rotatable bonds is 2. The van der Waals surface area contributed by atoms with Crippen molar-refractivity contribution < 1.29 is 14.3 Å². The quantitative estimate of drug-likeness (QED) is 0.924. The van der Waals surface area contributed by atoms with Gasteiger partial charge in [0.15, 0.2) is 11.5 Å². The number of aryl methyl sites for hydroxylation is 3. The van der Waals surface area contributed by atoms with Crippen LogP contribution in [0.25, 0.3) is 0 Å². The molecule has 1 heterocycles. The Hall–Kier alpha value is -2.49. The highest BCUT2D eigenvalue weighted by Gasteiger charge is 2.27. The Balaban J connectivity index is 1.77. The number of benzene rings is 2. The summed E-state index contributed by atoms with van der Waals surface area (Å²) in [6.07, 6.45) is -0.644. The van der Waals surface area contributed by atoms with Gasteiger partial charge in [0.25, 0.3) is 5.91 Å². The van der Waals surface area contributed by atoms with Crippen molar-refractivity contribution in [2.45, 2.75) is 26.9 Å². The minimum absolute atomic E-state index is 0.190. The predicted molar refractivity (Wildman–Crippen MR) is 85.6 cm³/mol. The summed E-state index contributed by atoms with van der Waals surface area (Å²) in [5, 5.41) is 2.96. The second-order valence-electron chi connectivity index (χ2n) is 5.63. The van der Waals surface area contributed by atoms with E-state index in [0.29, 0.717) is 11.5 Å². The van der Waals surface area contributed by atoms with Crippen molar-refractivity contribution >= 4 is 11.6 Å². The number of carbonyl (C=O) groups is 1. The van der Waals surface area contributed by atoms with E-state index in [2.05, 4.69) is 17.4 Å². The monoisotopic (exact) mass is 297 g/mol. The van der Waals surface area contributed by atoms with E-state index in [1.54, 1.807) is 6.07 Å². The van der Waals surface area contributed by atoms with Crippen LogP contribution in [0.4, 0.5) is 5.69 Å². The second kappa shape index (κ2) is 5.72. The molecule has 0 bridgehead atoms. The number of nitrogens with one attached hydrogen (secondary N) is 1. The Morgan fingerprint density at radius 2 is 1.73 bits per heavy atom. The highest BCUT2D eigenvalue weighted by atomic mass is 16.6. The molecule has 1 amide bonds. The van der Waals surface area contributed by atoms with Crippen LogP contribution in [0.5, 0.6) is 11.5 Å². The summed E-state index contributed by atoms with van der Waals surface area (Å²) >= 11 is 0.